The summed E-state index contributed by atoms with van der Waals surface area (Å²) in [6.45, 7) is 41.5. The van der Waals surface area contributed by atoms with Crippen molar-refractivity contribution in [3.8, 4) is 0 Å². The van der Waals surface area contributed by atoms with Crippen molar-refractivity contribution in [2.45, 2.75) is 112 Å². The number of rotatable bonds is 53. The van der Waals surface area contributed by atoms with Crippen LogP contribution in [0.1, 0.15) is 57.8 Å². The zero-order chi connectivity index (χ0) is 54.1. The number of hydrogen-bond acceptors (Lipinski definition) is 18. The second kappa shape index (κ2) is 47.4. The minimum atomic E-state index is -0.225. The first-order valence-corrected chi connectivity index (χ1v) is 37.7. The number of hydrazine groups is 8. The minimum absolute atomic E-state index is 0.0357. The van der Waals surface area contributed by atoms with E-state index >= 15 is 0 Å². The molecule has 0 unspecified atom stereocenters. The Morgan fingerprint density at radius 1 is 0.264 bits per heavy atom. The quantitative estimate of drug-likeness (QED) is 0.0448. The van der Waals surface area contributed by atoms with Gasteiger partial charge in [0.1, 0.15) is 0 Å². The Balaban J connectivity index is 10.2. The molecule has 0 aliphatic heterocycles. The molecule has 0 spiro atoms. The number of hydrogen-bond donors (Lipinski definition) is 2. The maximum atomic E-state index is 4.73. The lowest BCUT2D eigenvalue weighted by Gasteiger charge is -2.61. The fraction of sp³-hybridized carbons (Fsp3) is 0.667. The average molecular weight is 1170 g/mol. The van der Waals surface area contributed by atoms with E-state index in [9.17, 15) is 0 Å². The van der Waals surface area contributed by atoms with Crippen molar-refractivity contribution in [1.82, 2.24) is 46.7 Å². The predicted octanol–water partition coefficient (Wildman–Crippen LogP) is 13.4. The van der Waals surface area contributed by atoms with Gasteiger partial charge in [-0.05, 0) is 166 Å². The fourth-order valence-electron chi connectivity index (χ4n) is 7.92. The van der Waals surface area contributed by atoms with Crippen LogP contribution in [0.2, 0.25) is 0 Å². The Kier molecular flexibility index (Phi) is 47.7. The van der Waals surface area contributed by atoms with E-state index in [-0.39, 0.29) is 54.4 Å². The van der Waals surface area contributed by atoms with Gasteiger partial charge >= 0.3 is 0 Å². The molecule has 0 aliphatic carbocycles. The lowest BCUT2D eigenvalue weighted by Crippen LogP contribution is -2.79. The SMILES string of the molecule is C=C[C@H](CCSC)NN([C@H](C=C)CCSC)N([C@H](C=C)CCSC)N([C@H](C=C)CCSC)N([C@H](C=C)CCSC)N([C@H](C=C)CCSC)N([C@H](C=C)CCSC)N(N[C@H](C=C)CCSC)[C@H](C=C)CCSC. The number of thioether (sulfide) groups is 9. The van der Waals surface area contributed by atoms with Crippen molar-refractivity contribution < 1.29 is 0 Å². The number of nitrogens with zero attached hydrogens (tertiary/aromatic N) is 7. The summed E-state index contributed by atoms with van der Waals surface area (Å²) in [6.07, 6.45) is 46.5. The Bertz CT molecular complexity index is 1360. The molecule has 18 heteroatoms. The van der Waals surface area contributed by atoms with E-state index in [1.807, 2.05) is 106 Å². The summed E-state index contributed by atoms with van der Waals surface area (Å²) in [4.78, 5) is 0. The molecular formula is C54H101N9S9. The van der Waals surface area contributed by atoms with Gasteiger partial charge in [0.2, 0.25) is 0 Å². The highest BCUT2D eigenvalue weighted by Gasteiger charge is 2.48. The largest absolute Gasteiger partial charge is 0.233 e. The zero-order valence-corrected chi connectivity index (χ0v) is 53.6. The molecule has 72 heavy (non-hydrogen) atoms. The molecule has 9 nitrogen and oxygen atoms in total. The van der Waals surface area contributed by atoms with Crippen LogP contribution in [0.4, 0.5) is 0 Å². The molecule has 0 fully saturated rings. The van der Waals surface area contributed by atoms with Gasteiger partial charge in [0.05, 0.1) is 42.3 Å². The first kappa shape index (κ1) is 72.5. The van der Waals surface area contributed by atoms with Crippen LogP contribution in [0.25, 0.3) is 0 Å². The molecule has 0 aromatic carbocycles. The molecule has 0 aliphatic rings. The Morgan fingerprint density at radius 3 is 0.639 bits per heavy atom. The van der Waals surface area contributed by atoms with Crippen molar-refractivity contribution in [1.29, 1.82) is 0 Å². The van der Waals surface area contributed by atoms with E-state index in [0.717, 1.165) is 110 Å². The predicted molar refractivity (Wildman–Crippen MR) is 352 cm³/mol. The van der Waals surface area contributed by atoms with E-state index in [4.69, 9.17) is 19.7 Å². The highest BCUT2D eigenvalue weighted by molar-refractivity contribution is 8.00. The van der Waals surface area contributed by atoms with Gasteiger partial charge in [-0.25, -0.2) is 10.9 Å². The third-order valence-corrected chi connectivity index (χ3v) is 17.8. The van der Waals surface area contributed by atoms with Crippen molar-refractivity contribution >= 4 is 106 Å². The van der Waals surface area contributed by atoms with E-state index < -0.39 is 0 Å². The van der Waals surface area contributed by atoms with E-state index in [2.05, 4.69) is 197 Å². The van der Waals surface area contributed by atoms with E-state index in [1.165, 1.54) is 0 Å². The van der Waals surface area contributed by atoms with Gasteiger partial charge in [-0.1, -0.05) is 54.7 Å². The lowest BCUT2D eigenvalue weighted by atomic mass is 10.1. The van der Waals surface area contributed by atoms with Crippen LogP contribution in [0, 0.1) is 0 Å². The maximum absolute atomic E-state index is 4.73. The van der Waals surface area contributed by atoms with Gasteiger partial charge < -0.3 is 0 Å². The molecule has 2 N–H and O–H groups in total. The van der Waals surface area contributed by atoms with Gasteiger partial charge in [-0.15, -0.1) is 84.8 Å². The molecule has 0 saturated carbocycles. The van der Waals surface area contributed by atoms with Gasteiger partial charge in [0.15, 0.2) is 0 Å². The summed E-state index contributed by atoms with van der Waals surface area (Å²) >= 11 is 16.7. The molecule has 416 valence electrons. The highest BCUT2D eigenvalue weighted by atomic mass is 32.2. The molecule has 0 aromatic rings. The van der Waals surface area contributed by atoms with Crippen LogP contribution in [0.5, 0.6) is 0 Å². The van der Waals surface area contributed by atoms with Crippen molar-refractivity contribution in [3.05, 3.63) is 114 Å². The first-order valence-electron chi connectivity index (χ1n) is 25.2. The van der Waals surface area contributed by atoms with Gasteiger partial charge in [0, 0.05) is 12.1 Å². The summed E-state index contributed by atoms with van der Waals surface area (Å²) in [7, 11) is 0. The molecule has 0 bridgehead atoms. The molecule has 0 aromatic heterocycles. The first-order chi connectivity index (χ1) is 35.0. The van der Waals surface area contributed by atoms with Crippen molar-refractivity contribution in [2.75, 3.05) is 108 Å². The van der Waals surface area contributed by atoms with Crippen molar-refractivity contribution in [2.24, 2.45) is 0 Å². The monoisotopic (exact) mass is 1160 g/mol. The van der Waals surface area contributed by atoms with E-state index in [0.29, 0.717) is 0 Å². The summed E-state index contributed by atoms with van der Waals surface area (Å²) in [6, 6.07) is -1.32. The van der Waals surface area contributed by atoms with Gasteiger partial charge in [0.25, 0.3) is 0 Å². The van der Waals surface area contributed by atoms with Crippen molar-refractivity contribution in [3.63, 3.8) is 0 Å². The van der Waals surface area contributed by atoms with E-state index in [1.54, 1.807) is 0 Å². The normalized spacial score (nSPS) is 15.8. The topological polar surface area (TPSA) is 46.7 Å². The third kappa shape index (κ3) is 25.9. The molecular weight excluding hydrogens is 1060 g/mol. The highest BCUT2D eigenvalue weighted by Crippen LogP contribution is 2.35. The summed E-state index contributed by atoms with van der Waals surface area (Å²) in [5.74, 6) is 8.45. The summed E-state index contributed by atoms with van der Waals surface area (Å²) in [5, 5.41) is 17.4. The number of nitrogens with one attached hydrogen (secondary N) is 2. The molecule has 0 heterocycles. The second-order valence-corrected chi connectivity index (χ2v) is 25.8. The standard InChI is InChI=1S/C54H101N9S9/c1-19-46(28-37-64-10)55-57(48(21-3)30-39-66-12)59(50(23-5)32-41-68-14)61(52(25-7)34-43-70-16)63(54(27-9)36-45-72-18)62(53(26-8)35-44-71-17)60(51(24-6)33-42-69-15)58(49(22-4)31-40-67-13)56-47(20-2)29-38-65-11/h19-27,46-56H,1-9,28-45H2,10-18H3/t46-,47-,48-,49-,50-,51-,52-,53-,54-/m1/s1. The maximum Gasteiger partial charge on any atom is 0.0619 e. The Morgan fingerprint density at radius 2 is 0.444 bits per heavy atom. The average Bonchev–Trinajstić information content (AvgIpc) is 3.40. The third-order valence-electron chi connectivity index (χ3n) is 12.1. The molecule has 0 rings (SSSR count). The Hall–Kier alpha value is 0.450. The second-order valence-electron chi connectivity index (χ2n) is 16.9. The smallest absolute Gasteiger partial charge is 0.0619 e. The fourth-order valence-corrected chi connectivity index (χ4v) is 12.2. The molecule has 0 saturated heterocycles. The van der Waals surface area contributed by atoms with Crippen LogP contribution in [-0.4, -0.2) is 198 Å². The zero-order valence-electron chi connectivity index (χ0n) is 46.3. The molecule has 9 atom stereocenters. The lowest BCUT2D eigenvalue weighted by molar-refractivity contribution is -0.446. The molecule has 0 amide bonds. The minimum Gasteiger partial charge on any atom is -0.233 e. The van der Waals surface area contributed by atoms with Gasteiger partial charge in [-0.3, -0.25) is 0 Å². The van der Waals surface area contributed by atoms with Gasteiger partial charge in [-0.2, -0.15) is 116 Å². The van der Waals surface area contributed by atoms with Crippen LogP contribution in [0.15, 0.2) is 114 Å². The Labute approximate surface area is 482 Å². The molecule has 0 radical (unpaired) electrons. The van der Waals surface area contributed by atoms with Crippen LogP contribution in [-0.2, 0) is 0 Å². The van der Waals surface area contributed by atoms with Crippen LogP contribution < -0.4 is 10.9 Å². The summed E-state index contributed by atoms with van der Waals surface area (Å²) in [5.41, 5.74) is 8.25. The van der Waals surface area contributed by atoms with Crippen LogP contribution >= 0.6 is 106 Å². The summed E-state index contributed by atoms with van der Waals surface area (Å²) < 4.78 is 0. The van der Waals surface area contributed by atoms with Crippen LogP contribution in [0.3, 0.4) is 0 Å².